The fraction of sp³-hybridized carbons (Fsp3) is 0.176. The summed E-state index contributed by atoms with van der Waals surface area (Å²) in [5.74, 6) is 1.42. The number of carbonyl (C=O) groups excluding carboxylic acids is 1. The molecule has 0 radical (unpaired) electrons. The minimum absolute atomic E-state index is 0.111. The van der Waals surface area contributed by atoms with Crippen LogP contribution < -0.4 is 14.8 Å². The normalized spacial score (nSPS) is 12.5. The Morgan fingerprint density at radius 2 is 2.13 bits per heavy atom. The number of para-hydroxylation sites is 1. The van der Waals surface area contributed by atoms with Gasteiger partial charge in [0, 0.05) is 11.9 Å². The molecule has 0 aliphatic carbocycles. The zero-order chi connectivity index (χ0) is 15.6. The number of benzene rings is 2. The standard InChI is InChI=1S/C17H15N3O3/c21-17(13-3-1-2-12-9-19-20-16(12)13)18-7-6-11-4-5-14-15(8-11)23-10-22-14/h1-5,8-9H,6-7,10H2,(H,18,21)(H,19,20). The molecule has 0 bridgehead atoms. The third-order valence-corrected chi connectivity index (χ3v) is 3.86. The molecule has 0 unspecified atom stereocenters. The van der Waals surface area contributed by atoms with Crippen LogP contribution in [0.3, 0.4) is 0 Å². The third-order valence-electron chi connectivity index (χ3n) is 3.86. The van der Waals surface area contributed by atoms with Crippen molar-refractivity contribution in [3.05, 3.63) is 53.7 Å². The first-order valence-electron chi connectivity index (χ1n) is 7.40. The Morgan fingerprint density at radius 3 is 3.09 bits per heavy atom. The maximum atomic E-state index is 12.3. The van der Waals surface area contributed by atoms with Gasteiger partial charge in [-0.1, -0.05) is 18.2 Å². The summed E-state index contributed by atoms with van der Waals surface area (Å²) in [5, 5.41) is 10.7. The van der Waals surface area contributed by atoms with Crippen molar-refractivity contribution in [1.29, 1.82) is 0 Å². The molecule has 1 aliphatic rings. The second-order valence-corrected chi connectivity index (χ2v) is 5.33. The summed E-state index contributed by atoms with van der Waals surface area (Å²) >= 11 is 0. The fourth-order valence-electron chi connectivity index (χ4n) is 2.67. The number of aromatic nitrogens is 2. The van der Waals surface area contributed by atoms with Crippen molar-refractivity contribution in [3.8, 4) is 11.5 Å². The van der Waals surface area contributed by atoms with Gasteiger partial charge in [-0.3, -0.25) is 9.89 Å². The Kier molecular flexibility index (Phi) is 3.34. The highest BCUT2D eigenvalue weighted by molar-refractivity contribution is 6.05. The zero-order valence-corrected chi connectivity index (χ0v) is 12.3. The molecule has 6 heteroatoms. The van der Waals surface area contributed by atoms with E-state index >= 15 is 0 Å². The van der Waals surface area contributed by atoms with Crippen molar-refractivity contribution in [1.82, 2.24) is 15.5 Å². The number of rotatable bonds is 4. The molecule has 23 heavy (non-hydrogen) atoms. The quantitative estimate of drug-likeness (QED) is 0.775. The van der Waals surface area contributed by atoms with Gasteiger partial charge in [0.1, 0.15) is 0 Å². The molecule has 3 aromatic rings. The van der Waals surface area contributed by atoms with E-state index in [1.165, 1.54) is 0 Å². The van der Waals surface area contributed by atoms with Crippen LogP contribution >= 0.6 is 0 Å². The maximum Gasteiger partial charge on any atom is 0.253 e. The van der Waals surface area contributed by atoms with Crippen LogP contribution in [-0.4, -0.2) is 29.4 Å². The number of amides is 1. The smallest absolute Gasteiger partial charge is 0.253 e. The number of fused-ring (bicyclic) bond motifs is 2. The average molecular weight is 309 g/mol. The van der Waals surface area contributed by atoms with Crippen molar-refractivity contribution in [3.63, 3.8) is 0 Å². The summed E-state index contributed by atoms with van der Waals surface area (Å²) in [6.07, 6.45) is 2.43. The van der Waals surface area contributed by atoms with E-state index in [9.17, 15) is 4.79 Å². The summed E-state index contributed by atoms with van der Waals surface area (Å²) in [7, 11) is 0. The summed E-state index contributed by atoms with van der Waals surface area (Å²) in [6.45, 7) is 0.812. The highest BCUT2D eigenvalue weighted by Gasteiger charge is 2.14. The Labute approximate surface area is 132 Å². The lowest BCUT2D eigenvalue weighted by molar-refractivity contribution is 0.0955. The second kappa shape index (κ2) is 5.64. The van der Waals surface area contributed by atoms with Crippen LogP contribution in [0.15, 0.2) is 42.6 Å². The van der Waals surface area contributed by atoms with Crippen LogP contribution in [0.5, 0.6) is 11.5 Å². The van der Waals surface area contributed by atoms with Crippen LogP contribution in [0.4, 0.5) is 0 Å². The molecular formula is C17H15N3O3. The molecule has 0 spiro atoms. The van der Waals surface area contributed by atoms with Gasteiger partial charge in [0.05, 0.1) is 17.3 Å². The number of nitrogens with zero attached hydrogens (tertiary/aromatic N) is 1. The van der Waals surface area contributed by atoms with Crippen LogP contribution in [0.25, 0.3) is 10.9 Å². The van der Waals surface area contributed by atoms with Crippen LogP contribution in [0.1, 0.15) is 15.9 Å². The topological polar surface area (TPSA) is 76.2 Å². The monoisotopic (exact) mass is 309 g/mol. The van der Waals surface area contributed by atoms with E-state index in [0.717, 1.165) is 34.4 Å². The first kappa shape index (κ1) is 13.6. The third kappa shape index (κ3) is 2.59. The van der Waals surface area contributed by atoms with Gasteiger partial charge in [0.25, 0.3) is 5.91 Å². The summed E-state index contributed by atoms with van der Waals surface area (Å²) < 4.78 is 10.6. The lowest BCUT2D eigenvalue weighted by atomic mass is 10.1. The lowest BCUT2D eigenvalue weighted by Crippen LogP contribution is -2.25. The molecule has 1 aromatic heterocycles. The van der Waals surface area contributed by atoms with Crippen molar-refractivity contribution in [2.75, 3.05) is 13.3 Å². The van der Waals surface area contributed by atoms with Gasteiger partial charge >= 0.3 is 0 Å². The molecule has 0 saturated carbocycles. The van der Waals surface area contributed by atoms with E-state index in [2.05, 4.69) is 15.5 Å². The zero-order valence-electron chi connectivity index (χ0n) is 12.3. The molecule has 116 valence electrons. The number of hydrogen-bond acceptors (Lipinski definition) is 4. The largest absolute Gasteiger partial charge is 0.454 e. The number of hydrogen-bond donors (Lipinski definition) is 2. The lowest BCUT2D eigenvalue weighted by Gasteiger charge is -2.07. The molecule has 6 nitrogen and oxygen atoms in total. The molecule has 1 amide bonds. The van der Waals surface area contributed by atoms with E-state index in [1.807, 2.05) is 30.3 Å². The average Bonchev–Trinajstić information content (AvgIpc) is 3.22. The summed E-state index contributed by atoms with van der Waals surface area (Å²) in [5.41, 5.74) is 2.45. The van der Waals surface area contributed by atoms with E-state index in [4.69, 9.17) is 9.47 Å². The first-order chi connectivity index (χ1) is 11.3. The Bertz CT molecular complexity index is 872. The second-order valence-electron chi connectivity index (χ2n) is 5.33. The number of H-pyrrole nitrogens is 1. The number of ether oxygens (including phenoxy) is 2. The Morgan fingerprint density at radius 1 is 1.22 bits per heavy atom. The van der Waals surface area contributed by atoms with Crippen LogP contribution in [0.2, 0.25) is 0 Å². The minimum Gasteiger partial charge on any atom is -0.454 e. The minimum atomic E-state index is -0.111. The van der Waals surface area contributed by atoms with Gasteiger partial charge in [0.15, 0.2) is 11.5 Å². The number of aromatic amines is 1. The van der Waals surface area contributed by atoms with Gasteiger partial charge in [-0.25, -0.2) is 0 Å². The van der Waals surface area contributed by atoms with Gasteiger partial charge < -0.3 is 14.8 Å². The Hall–Kier alpha value is -3.02. The van der Waals surface area contributed by atoms with Gasteiger partial charge in [-0.05, 0) is 30.2 Å². The van der Waals surface area contributed by atoms with Gasteiger partial charge in [-0.2, -0.15) is 5.10 Å². The molecule has 2 aromatic carbocycles. The molecule has 0 fully saturated rings. The maximum absolute atomic E-state index is 12.3. The summed E-state index contributed by atoms with van der Waals surface area (Å²) in [4.78, 5) is 12.3. The van der Waals surface area contributed by atoms with E-state index in [1.54, 1.807) is 12.3 Å². The van der Waals surface area contributed by atoms with Crippen molar-refractivity contribution in [2.24, 2.45) is 0 Å². The van der Waals surface area contributed by atoms with Crippen molar-refractivity contribution >= 4 is 16.8 Å². The molecule has 1 aliphatic heterocycles. The van der Waals surface area contributed by atoms with Gasteiger partial charge in [-0.15, -0.1) is 0 Å². The highest BCUT2D eigenvalue weighted by Crippen LogP contribution is 2.32. The van der Waals surface area contributed by atoms with Crippen LogP contribution in [0, 0.1) is 0 Å². The first-order valence-corrected chi connectivity index (χ1v) is 7.40. The van der Waals surface area contributed by atoms with E-state index in [0.29, 0.717) is 12.1 Å². The van der Waals surface area contributed by atoms with Crippen molar-refractivity contribution < 1.29 is 14.3 Å². The molecule has 0 atom stereocenters. The molecule has 0 saturated heterocycles. The molecule has 4 rings (SSSR count). The number of carbonyl (C=O) groups is 1. The molecule has 2 heterocycles. The molecule has 2 N–H and O–H groups in total. The van der Waals surface area contributed by atoms with Crippen molar-refractivity contribution in [2.45, 2.75) is 6.42 Å². The fourth-order valence-corrected chi connectivity index (χ4v) is 2.67. The molecular weight excluding hydrogens is 294 g/mol. The highest BCUT2D eigenvalue weighted by atomic mass is 16.7. The predicted molar refractivity (Wildman–Crippen MR) is 84.7 cm³/mol. The summed E-state index contributed by atoms with van der Waals surface area (Å²) in [6, 6.07) is 11.4. The van der Waals surface area contributed by atoms with E-state index in [-0.39, 0.29) is 12.7 Å². The predicted octanol–water partition coefficient (Wildman–Crippen LogP) is 2.26. The van der Waals surface area contributed by atoms with E-state index < -0.39 is 0 Å². The van der Waals surface area contributed by atoms with Crippen LogP contribution in [-0.2, 0) is 6.42 Å². The Balaban J connectivity index is 1.41. The SMILES string of the molecule is O=C(NCCc1ccc2c(c1)OCO2)c1cccc2cn[nH]c12. The number of nitrogens with one attached hydrogen (secondary N) is 2. The van der Waals surface area contributed by atoms with Gasteiger partial charge in [0.2, 0.25) is 6.79 Å².